The van der Waals surface area contributed by atoms with Crippen LogP contribution in [-0.2, 0) is 17.8 Å². The number of hydrogen-bond donors (Lipinski definition) is 1. The molecule has 1 saturated heterocycles. The Morgan fingerprint density at radius 1 is 1.11 bits per heavy atom. The van der Waals surface area contributed by atoms with Crippen molar-refractivity contribution >= 4 is 22.7 Å². The van der Waals surface area contributed by atoms with Gasteiger partial charge in [0.15, 0.2) is 5.76 Å². The Bertz CT molecular complexity index is 1010. The zero-order valence-corrected chi connectivity index (χ0v) is 15.0. The van der Waals surface area contributed by atoms with E-state index in [1.807, 2.05) is 17.0 Å². The summed E-state index contributed by atoms with van der Waals surface area (Å²) < 4.78 is 5.25. The molecule has 0 radical (unpaired) electrons. The summed E-state index contributed by atoms with van der Waals surface area (Å²) in [6, 6.07) is 11.2. The fourth-order valence-electron chi connectivity index (χ4n) is 4.37. The summed E-state index contributed by atoms with van der Waals surface area (Å²) in [6.45, 7) is 1.87. The molecule has 0 aliphatic carbocycles. The number of nitrogens with one attached hydrogen (secondary N) is 1. The second-order valence-corrected chi connectivity index (χ2v) is 7.27. The van der Waals surface area contributed by atoms with Crippen molar-refractivity contribution in [3.8, 4) is 0 Å². The molecule has 2 amide bonds. The van der Waals surface area contributed by atoms with Crippen molar-refractivity contribution in [3.63, 3.8) is 0 Å². The maximum absolute atomic E-state index is 13.2. The monoisotopic (exact) mass is 363 g/mol. The van der Waals surface area contributed by atoms with Crippen LogP contribution in [-0.4, -0.2) is 45.7 Å². The highest BCUT2D eigenvalue weighted by Gasteiger charge is 2.38. The van der Waals surface area contributed by atoms with Gasteiger partial charge in [-0.1, -0.05) is 18.2 Å². The molecule has 5 rings (SSSR count). The average molecular weight is 363 g/mol. The Hall–Kier alpha value is -3.02. The van der Waals surface area contributed by atoms with Gasteiger partial charge in [-0.05, 0) is 31.0 Å². The van der Waals surface area contributed by atoms with Crippen LogP contribution in [0.25, 0.3) is 10.9 Å². The lowest BCUT2D eigenvalue weighted by molar-refractivity contribution is -0.136. The van der Waals surface area contributed by atoms with Gasteiger partial charge in [0.1, 0.15) is 6.04 Å². The number of aromatic amines is 1. The zero-order valence-electron chi connectivity index (χ0n) is 15.0. The van der Waals surface area contributed by atoms with Crippen LogP contribution in [0, 0.1) is 0 Å². The highest BCUT2D eigenvalue weighted by molar-refractivity contribution is 5.96. The zero-order chi connectivity index (χ0) is 18.4. The number of aromatic nitrogens is 1. The smallest absolute Gasteiger partial charge is 0.290 e. The fourth-order valence-corrected chi connectivity index (χ4v) is 4.37. The maximum atomic E-state index is 13.2. The van der Waals surface area contributed by atoms with E-state index in [0.717, 1.165) is 18.4 Å². The average Bonchev–Trinajstić information content (AvgIpc) is 3.45. The number of furan rings is 1. The maximum Gasteiger partial charge on any atom is 0.290 e. The minimum Gasteiger partial charge on any atom is -0.459 e. The number of fused-ring (bicyclic) bond motifs is 3. The van der Waals surface area contributed by atoms with Gasteiger partial charge >= 0.3 is 0 Å². The van der Waals surface area contributed by atoms with E-state index in [2.05, 4.69) is 17.1 Å². The molecular weight excluding hydrogens is 342 g/mol. The van der Waals surface area contributed by atoms with Gasteiger partial charge in [0.25, 0.3) is 5.91 Å². The van der Waals surface area contributed by atoms with Crippen LogP contribution in [0.5, 0.6) is 0 Å². The van der Waals surface area contributed by atoms with Gasteiger partial charge in [-0.25, -0.2) is 0 Å². The van der Waals surface area contributed by atoms with Crippen LogP contribution < -0.4 is 0 Å². The molecule has 1 atom stereocenters. The number of H-pyrrole nitrogens is 1. The van der Waals surface area contributed by atoms with E-state index in [-0.39, 0.29) is 11.8 Å². The number of carbonyl (C=O) groups excluding carboxylic acids is 2. The van der Waals surface area contributed by atoms with Crippen molar-refractivity contribution in [1.82, 2.24) is 14.8 Å². The predicted octanol–water partition coefficient (Wildman–Crippen LogP) is 2.95. The molecule has 0 bridgehead atoms. The van der Waals surface area contributed by atoms with Crippen molar-refractivity contribution in [3.05, 3.63) is 59.7 Å². The molecule has 27 heavy (non-hydrogen) atoms. The first-order valence-electron chi connectivity index (χ1n) is 9.44. The van der Waals surface area contributed by atoms with Gasteiger partial charge in [0, 0.05) is 48.2 Å². The number of amides is 2. The van der Waals surface area contributed by atoms with Gasteiger partial charge in [-0.2, -0.15) is 0 Å². The molecule has 2 aromatic heterocycles. The summed E-state index contributed by atoms with van der Waals surface area (Å²) in [7, 11) is 0. The molecule has 0 saturated carbocycles. The molecule has 3 aromatic rings. The summed E-state index contributed by atoms with van der Waals surface area (Å²) in [6.07, 6.45) is 3.86. The number of hydrogen-bond acceptors (Lipinski definition) is 3. The first-order chi connectivity index (χ1) is 13.2. The Morgan fingerprint density at radius 3 is 2.85 bits per heavy atom. The lowest BCUT2D eigenvalue weighted by atomic mass is 10.0. The van der Waals surface area contributed by atoms with E-state index in [4.69, 9.17) is 4.42 Å². The van der Waals surface area contributed by atoms with E-state index < -0.39 is 6.04 Å². The lowest BCUT2D eigenvalue weighted by Crippen LogP contribution is -2.49. The molecule has 1 N–H and O–H groups in total. The number of rotatable bonds is 2. The van der Waals surface area contributed by atoms with E-state index in [1.165, 1.54) is 22.9 Å². The van der Waals surface area contributed by atoms with Crippen molar-refractivity contribution < 1.29 is 14.0 Å². The van der Waals surface area contributed by atoms with Crippen LogP contribution in [0.2, 0.25) is 0 Å². The standard InChI is InChI=1S/C21H21N3O3/c25-20(18-7-3-10-24(18)21(26)19-8-4-12-27-19)23-11-9-17-15(13-23)14-5-1-2-6-16(14)22-17/h1-2,4-6,8,12,18,22H,3,7,9-11,13H2/t18-/m1/s1. The van der Waals surface area contributed by atoms with Crippen LogP contribution in [0.15, 0.2) is 47.1 Å². The van der Waals surface area contributed by atoms with Crippen molar-refractivity contribution in [2.45, 2.75) is 31.8 Å². The molecule has 1 fully saturated rings. The second kappa shape index (κ2) is 6.30. The Balaban J connectivity index is 1.39. The van der Waals surface area contributed by atoms with Crippen LogP contribution in [0.3, 0.4) is 0 Å². The number of para-hydroxylation sites is 1. The first-order valence-corrected chi connectivity index (χ1v) is 9.44. The molecule has 6 nitrogen and oxygen atoms in total. The van der Waals surface area contributed by atoms with Gasteiger partial charge in [-0.3, -0.25) is 9.59 Å². The highest BCUT2D eigenvalue weighted by Crippen LogP contribution is 2.29. The minimum absolute atomic E-state index is 0.0448. The van der Waals surface area contributed by atoms with E-state index >= 15 is 0 Å². The lowest BCUT2D eigenvalue weighted by Gasteiger charge is -2.32. The molecule has 6 heteroatoms. The number of nitrogens with zero attached hydrogens (tertiary/aromatic N) is 2. The molecular formula is C21H21N3O3. The summed E-state index contributed by atoms with van der Waals surface area (Å²) in [5.74, 6) is 0.149. The minimum atomic E-state index is -0.394. The first kappa shape index (κ1) is 16.2. The van der Waals surface area contributed by atoms with Crippen LogP contribution >= 0.6 is 0 Å². The molecule has 0 unspecified atom stereocenters. The van der Waals surface area contributed by atoms with Gasteiger partial charge in [-0.15, -0.1) is 0 Å². The van der Waals surface area contributed by atoms with Crippen LogP contribution in [0.1, 0.15) is 34.7 Å². The summed E-state index contributed by atoms with van der Waals surface area (Å²) >= 11 is 0. The van der Waals surface area contributed by atoms with Crippen LogP contribution in [0.4, 0.5) is 0 Å². The molecule has 1 aromatic carbocycles. The topological polar surface area (TPSA) is 69.6 Å². The van der Waals surface area contributed by atoms with Crippen molar-refractivity contribution in [1.29, 1.82) is 0 Å². The summed E-state index contributed by atoms with van der Waals surface area (Å²) in [5.41, 5.74) is 3.54. The number of carbonyl (C=O) groups is 2. The number of benzene rings is 1. The third-order valence-electron chi connectivity index (χ3n) is 5.73. The van der Waals surface area contributed by atoms with Crippen molar-refractivity contribution in [2.75, 3.05) is 13.1 Å². The van der Waals surface area contributed by atoms with E-state index in [1.54, 1.807) is 17.0 Å². The second-order valence-electron chi connectivity index (χ2n) is 7.27. The predicted molar refractivity (Wildman–Crippen MR) is 100 cm³/mol. The van der Waals surface area contributed by atoms with Crippen molar-refractivity contribution in [2.24, 2.45) is 0 Å². The summed E-state index contributed by atoms with van der Waals surface area (Å²) in [5, 5.41) is 1.18. The molecule has 4 heterocycles. The molecule has 2 aliphatic heterocycles. The SMILES string of the molecule is O=C([C@H]1CCCN1C(=O)c1ccco1)N1CCc2[nH]c3ccccc3c2C1. The number of likely N-dealkylation sites (tertiary alicyclic amines) is 1. The molecule has 2 aliphatic rings. The van der Waals surface area contributed by atoms with E-state index in [9.17, 15) is 9.59 Å². The van der Waals surface area contributed by atoms with Gasteiger partial charge in [0.2, 0.25) is 5.91 Å². The normalized spacial score (nSPS) is 19.5. The Labute approximate surface area is 156 Å². The summed E-state index contributed by atoms with van der Waals surface area (Å²) in [4.78, 5) is 33.0. The quantitative estimate of drug-likeness (QED) is 0.761. The van der Waals surface area contributed by atoms with E-state index in [0.29, 0.717) is 31.8 Å². The highest BCUT2D eigenvalue weighted by atomic mass is 16.3. The fraction of sp³-hybridized carbons (Fsp3) is 0.333. The third kappa shape index (κ3) is 2.63. The van der Waals surface area contributed by atoms with Gasteiger partial charge in [0.05, 0.1) is 6.26 Å². The Kier molecular flexibility index (Phi) is 3.77. The largest absolute Gasteiger partial charge is 0.459 e. The molecule has 138 valence electrons. The third-order valence-corrected chi connectivity index (χ3v) is 5.73. The Morgan fingerprint density at radius 2 is 2.00 bits per heavy atom. The van der Waals surface area contributed by atoms with Gasteiger partial charge < -0.3 is 19.2 Å². The molecule has 0 spiro atoms.